The van der Waals surface area contributed by atoms with Gasteiger partial charge in [0.2, 0.25) is 0 Å². The first-order valence-electron chi connectivity index (χ1n) is 8.25. The number of halogens is 1. The van der Waals surface area contributed by atoms with Crippen molar-refractivity contribution in [3.63, 3.8) is 0 Å². The van der Waals surface area contributed by atoms with Gasteiger partial charge in [0.15, 0.2) is 0 Å². The van der Waals surface area contributed by atoms with Crippen molar-refractivity contribution in [1.29, 1.82) is 0 Å². The molecule has 0 spiro atoms. The van der Waals surface area contributed by atoms with Crippen LogP contribution in [0.15, 0.2) is 29.1 Å². The molecule has 0 unspecified atom stereocenters. The molecule has 1 saturated carbocycles. The Bertz CT molecular complexity index is 782. The van der Waals surface area contributed by atoms with Crippen LogP contribution in [0.25, 0.3) is 0 Å². The van der Waals surface area contributed by atoms with Crippen molar-refractivity contribution in [2.75, 3.05) is 6.54 Å². The second kappa shape index (κ2) is 6.10. The van der Waals surface area contributed by atoms with Gasteiger partial charge < -0.3 is 4.98 Å². The number of hydrogen-bond acceptors (Lipinski definition) is 3. The van der Waals surface area contributed by atoms with E-state index in [1.807, 2.05) is 18.2 Å². The number of nitrogens with zero attached hydrogens (tertiary/aromatic N) is 2. The Labute approximate surface area is 140 Å². The number of rotatable bonds is 4. The molecule has 0 amide bonds. The molecule has 0 bridgehead atoms. The molecule has 1 aliphatic carbocycles. The van der Waals surface area contributed by atoms with Gasteiger partial charge in [0, 0.05) is 36.6 Å². The van der Waals surface area contributed by atoms with Gasteiger partial charge in [-0.25, -0.2) is 4.98 Å². The largest absolute Gasteiger partial charge is 0.310 e. The third-order valence-electron chi connectivity index (χ3n) is 4.68. The van der Waals surface area contributed by atoms with Crippen LogP contribution in [0.4, 0.5) is 0 Å². The van der Waals surface area contributed by atoms with Crippen molar-refractivity contribution >= 4 is 11.6 Å². The van der Waals surface area contributed by atoms with Crippen LogP contribution in [-0.2, 0) is 25.9 Å². The van der Waals surface area contributed by atoms with Crippen LogP contribution in [-0.4, -0.2) is 21.4 Å². The zero-order valence-electron chi connectivity index (χ0n) is 13.0. The standard InChI is InChI=1S/C18H20ClN3O/c19-14-3-1-2-13(8-14)10-22-7-6-15-16(11-22)20-17(21-18(15)23)9-12-4-5-12/h1-3,8,12H,4-7,9-11H2,(H,20,21,23). The van der Waals surface area contributed by atoms with Gasteiger partial charge in [0.1, 0.15) is 5.82 Å². The van der Waals surface area contributed by atoms with Crippen molar-refractivity contribution in [2.24, 2.45) is 5.92 Å². The van der Waals surface area contributed by atoms with Gasteiger partial charge in [0.05, 0.1) is 5.69 Å². The molecular weight excluding hydrogens is 310 g/mol. The minimum atomic E-state index is 0.0630. The number of fused-ring (bicyclic) bond motifs is 1. The average Bonchev–Trinajstić information content (AvgIpc) is 3.31. The summed E-state index contributed by atoms with van der Waals surface area (Å²) in [6.45, 7) is 2.46. The van der Waals surface area contributed by atoms with E-state index in [1.54, 1.807) is 0 Å². The van der Waals surface area contributed by atoms with Crippen molar-refractivity contribution in [2.45, 2.75) is 38.8 Å². The van der Waals surface area contributed by atoms with Crippen LogP contribution in [0.3, 0.4) is 0 Å². The van der Waals surface area contributed by atoms with E-state index in [9.17, 15) is 4.79 Å². The zero-order valence-corrected chi connectivity index (χ0v) is 13.8. The van der Waals surface area contributed by atoms with Crippen LogP contribution in [0.1, 0.15) is 35.5 Å². The molecule has 1 N–H and O–H groups in total. The fourth-order valence-corrected chi connectivity index (χ4v) is 3.48. The van der Waals surface area contributed by atoms with Crippen molar-refractivity contribution < 1.29 is 0 Å². The number of hydrogen-bond donors (Lipinski definition) is 1. The van der Waals surface area contributed by atoms with Gasteiger partial charge in [-0.15, -0.1) is 0 Å². The van der Waals surface area contributed by atoms with Gasteiger partial charge in [-0.2, -0.15) is 0 Å². The minimum Gasteiger partial charge on any atom is -0.310 e. The minimum absolute atomic E-state index is 0.0630. The number of aromatic nitrogens is 2. The monoisotopic (exact) mass is 329 g/mol. The average molecular weight is 330 g/mol. The molecule has 23 heavy (non-hydrogen) atoms. The molecule has 120 valence electrons. The van der Waals surface area contributed by atoms with Crippen LogP contribution >= 0.6 is 11.6 Å². The molecule has 2 aliphatic rings. The third-order valence-corrected chi connectivity index (χ3v) is 4.91. The molecule has 0 saturated heterocycles. The number of H-pyrrole nitrogens is 1. The van der Waals surface area contributed by atoms with E-state index in [0.29, 0.717) is 0 Å². The normalized spacial score (nSPS) is 18.0. The maximum Gasteiger partial charge on any atom is 0.254 e. The summed E-state index contributed by atoms with van der Waals surface area (Å²) in [5, 5.41) is 0.765. The molecule has 0 radical (unpaired) electrons. The van der Waals surface area contributed by atoms with Crippen LogP contribution < -0.4 is 5.56 Å². The number of aromatic amines is 1. The molecule has 1 aromatic carbocycles. The van der Waals surface area contributed by atoms with E-state index >= 15 is 0 Å². The molecule has 2 heterocycles. The summed E-state index contributed by atoms with van der Waals surface area (Å²) in [4.78, 5) is 22.3. The van der Waals surface area contributed by atoms with E-state index in [4.69, 9.17) is 16.6 Å². The molecule has 4 rings (SSSR count). The predicted molar refractivity (Wildman–Crippen MR) is 90.6 cm³/mol. The first-order valence-corrected chi connectivity index (χ1v) is 8.63. The highest BCUT2D eigenvalue weighted by molar-refractivity contribution is 6.30. The third kappa shape index (κ3) is 3.48. The van der Waals surface area contributed by atoms with Crippen LogP contribution in [0.2, 0.25) is 5.02 Å². The Kier molecular flexibility index (Phi) is 3.95. The molecule has 1 aromatic heterocycles. The Balaban J connectivity index is 1.53. The van der Waals surface area contributed by atoms with Crippen molar-refractivity contribution in [3.8, 4) is 0 Å². The number of benzene rings is 1. The second-order valence-corrected chi connectivity index (χ2v) is 7.11. The first-order chi connectivity index (χ1) is 11.2. The van der Waals surface area contributed by atoms with Crippen LogP contribution in [0.5, 0.6) is 0 Å². The maximum absolute atomic E-state index is 12.3. The van der Waals surface area contributed by atoms with Crippen LogP contribution in [0, 0.1) is 5.92 Å². The van der Waals surface area contributed by atoms with Gasteiger partial charge >= 0.3 is 0 Å². The molecule has 1 aliphatic heterocycles. The summed E-state index contributed by atoms with van der Waals surface area (Å²) in [5.74, 6) is 1.59. The molecule has 0 atom stereocenters. The number of nitrogens with one attached hydrogen (secondary N) is 1. The summed E-state index contributed by atoms with van der Waals surface area (Å²) in [7, 11) is 0. The van der Waals surface area contributed by atoms with Gasteiger partial charge in [0.25, 0.3) is 5.56 Å². The van der Waals surface area contributed by atoms with Gasteiger partial charge in [-0.3, -0.25) is 9.69 Å². The fourth-order valence-electron chi connectivity index (χ4n) is 3.27. The van der Waals surface area contributed by atoms with E-state index in [2.05, 4.69) is 16.0 Å². The lowest BCUT2D eigenvalue weighted by atomic mass is 10.1. The van der Waals surface area contributed by atoms with Crippen molar-refractivity contribution in [1.82, 2.24) is 14.9 Å². The SMILES string of the molecule is O=c1[nH]c(CC2CC2)nc2c1CCN(Cc1cccc(Cl)c1)C2. The topological polar surface area (TPSA) is 49.0 Å². The van der Waals surface area contributed by atoms with Gasteiger partial charge in [-0.05, 0) is 42.9 Å². The van der Waals surface area contributed by atoms with E-state index < -0.39 is 0 Å². The second-order valence-electron chi connectivity index (χ2n) is 6.68. The quantitative estimate of drug-likeness (QED) is 0.938. The molecular formula is C18H20ClN3O. The highest BCUT2D eigenvalue weighted by atomic mass is 35.5. The Hall–Kier alpha value is -1.65. The van der Waals surface area contributed by atoms with Gasteiger partial charge in [-0.1, -0.05) is 23.7 Å². The molecule has 1 fully saturated rings. The van der Waals surface area contributed by atoms with E-state index in [-0.39, 0.29) is 5.56 Å². The Morgan fingerprint density at radius 2 is 2.22 bits per heavy atom. The summed E-state index contributed by atoms with van der Waals surface area (Å²) < 4.78 is 0. The Morgan fingerprint density at radius 3 is 3.00 bits per heavy atom. The lowest BCUT2D eigenvalue weighted by molar-refractivity contribution is 0.240. The zero-order chi connectivity index (χ0) is 15.8. The fraction of sp³-hybridized carbons (Fsp3) is 0.444. The van der Waals surface area contributed by atoms with Crippen molar-refractivity contribution in [3.05, 3.63) is 62.3 Å². The lowest BCUT2D eigenvalue weighted by Gasteiger charge is -2.27. The maximum atomic E-state index is 12.3. The highest BCUT2D eigenvalue weighted by Gasteiger charge is 2.25. The summed E-state index contributed by atoms with van der Waals surface area (Å²) in [6, 6.07) is 7.96. The smallest absolute Gasteiger partial charge is 0.254 e. The molecule has 2 aromatic rings. The summed E-state index contributed by atoms with van der Waals surface area (Å²) in [5.41, 5.74) is 3.08. The predicted octanol–water partition coefficient (Wildman–Crippen LogP) is 2.93. The Morgan fingerprint density at radius 1 is 1.35 bits per heavy atom. The molecule has 5 heteroatoms. The summed E-state index contributed by atoms with van der Waals surface area (Å²) >= 11 is 6.06. The molecule has 4 nitrogen and oxygen atoms in total. The first kappa shape index (κ1) is 14.9. The lowest BCUT2D eigenvalue weighted by Crippen LogP contribution is -2.35. The summed E-state index contributed by atoms with van der Waals surface area (Å²) in [6.07, 6.45) is 4.21. The van der Waals surface area contributed by atoms with E-state index in [1.165, 1.54) is 18.4 Å². The van der Waals surface area contributed by atoms with E-state index in [0.717, 1.165) is 60.5 Å². The highest BCUT2D eigenvalue weighted by Crippen LogP contribution is 2.31.